The van der Waals surface area contributed by atoms with E-state index in [1.165, 1.54) is 18.7 Å². The number of hydrogen-bond donors (Lipinski definition) is 2. The summed E-state index contributed by atoms with van der Waals surface area (Å²) in [6.45, 7) is 7.85. The van der Waals surface area contributed by atoms with Gasteiger partial charge in [0.05, 0.1) is 0 Å². The summed E-state index contributed by atoms with van der Waals surface area (Å²) in [4.78, 5) is 36.4. The minimum absolute atomic E-state index is 0.0903. The summed E-state index contributed by atoms with van der Waals surface area (Å²) in [6.07, 6.45) is 3.69. The van der Waals surface area contributed by atoms with Gasteiger partial charge in [-0.15, -0.1) is 0 Å². The molecule has 2 amide bonds. The first-order chi connectivity index (χ1) is 10.7. The van der Waals surface area contributed by atoms with Crippen LogP contribution >= 0.6 is 0 Å². The molecule has 0 saturated heterocycles. The first-order valence-corrected chi connectivity index (χ1v) is 8.51. The van der Waals surface area contributed by atoms with Crippen molar-refractivity contribution in [2.75, 3.05) is 13.1 Å². The molecule has 1 saturated carbocycles. The molecule has 0 spiro atoms. The van der Waals surface area contributed by atoms with Gasteiger partial charge >= 0.3 is 5.97 Å². The van der Waals surface area contributed by atoms with Crippen molar-refractivity contribution in [3.05, 3.63) is 0 Å². The third kappa shape index (κ3) is 5.84. The van der Waals surface area contributed by atoms with Crippen LogP contribution in [0.15, 0.2) is 0 Å². The lowest BCUT2D eigenvalue weighted by Crippen LogP contribution is -2.49. The fourth-order valence-corrected chi connectivity index (χ4v) is 3.25. The molecule has 6 heteroatoms. The number of hydrogen-bond acceptors (Lipinski definition) is 3. The number of carbonyl (C=O) groups is 3. The van der Waals surface area contributed by atoms with Gasteiger partial charge in [-0.25, -0.2) is 4.79 Å². The molecule has 2 N–H and O–H groups in total. The summed E-state index contributed by atoms with van der Waals surface area (Å²) in [7, 11) is 0. The van der Waals surface area contributed by atoms with Crippen LogP contribution in [0, 0.1) is 17.8 Å². The van der Waals surface area contributed by atoms with E-state index in [-0.39, 0.29) is 30.8 Å². The molecule has 1 aliphatic carbocycles. The van der Waals surface area contributed by atoms with Gasteiger partial charge in [0, 0.05) is 25.9 Å². The van der Waals surface area contributed by atoms with Crippen molar-refractivity contribution in [1.82, 2.24) is 10.2 Å². The van der Waals surface area contributed by atoms with Gasteiger partial charge in [0.2, 0.25) is 11.8 Å². The molecule has 1 aliphatic rings. The predicted molar refractivity (Wildman–Crippen MR) is 87.8 cm³/mol. The monoisotopic (exact) mass is 326 g/mol. The van der Waals surface area contributed by atoms with E-state index in [2.05, 4.69) is 19.2 Å². The Morgan fingerprint density at radius 2 is 1.70 bits per heavy atom. The second kappa shape index (κ2) is 8.89. The number of aliphatic carboxylic acids is 1. The summed E-state index contributed by atoms with van der Waals surface area (Å²) >= 11 is 0. The third-order valence-electron chi connectivity index (χ3n) is 4.90. The maximum absolute atomic E-state index is 12.7. The molecule has 0 bridgehead atoms. The van der Waals surface area contributed by atoms with Crippen LogP contribution in [0.1, 0.15) is 53.4 Å². The van der Waals surface area contributed by atoms with Crippen LogP contribution in [-0.2, 0) is 14.4 Å². The van der Waals surface area contributed by atoms with E-state index < -0.39 is 12.0 Å². The fourth-order valence-electron chi connectivity index (χ4n) is 3.25. The molecule has 132 valence electrons. The van der Waals surface area contributed by atoms with E-state index >= 15 is 0 Å². The van der Waals surface area contributed by atoms with Crippen LogP contribution in [0.25, 0.3) is 0 Å². The topological polar surface area (TPSA) is 86.7 Å². The van der Waals surface area contributed by atoms with Crippen LogP contribution in [0.2, 0.25) is 0 Å². The Kier molecular flexibility index (Phi) is 7.52. The molecule has 1 unspecified atom stereocenters. The van der Waals surface area contributed by atoms with E-state index in [4.69, 9.17) is 0 Å². The Hall–Kier alpha value is -1.59. The van der Waals surface area contributed by atoms with Crippen molar-refractivity contribution in [1.29, 1.82) is 0 Å². The first-order valence-electron chi connectivity index (χ1n) is 8.51. The lowest BCUT2D eigenvalue weighted by Gasteiger charge is -2.35. The van der Waals surface area contributed by atoms with E-state index in [1.807, 2.05) is 0 Å². The lowest BCUT2D eigenvalue weighted by atomic mass is 9.76. The quantitative estimate of drug-likeness (QED) is 0.748. The van der Waals surface area contributed by atoms with Crippen molar-refractivity contribution in [2.24, 2.45) is 17.8 Å². The van der Waals surface area contributed by atoms with E-state index in [9.17, 15) is 19.5 Å². The number of nitrogens with zero attached hydrogens (tertiary/aromatic N) is 1. The second-order valence-electron chi connectivity index (χ2n) is 6.88. The molecule has 23 heavy (non-hydrogen) atoms. The van der Waals surface area contributed by atoms with Crippen molar-refractivity contribution in [3.8, 4) is 0 Å². The molecule has 0 aromatic carbocycles. The van der Waals surface area contributed by atoms with E-state index in [0.717, 1.165) is 25.7 Å². The molecule has 0 heterocycles. The van der Waals surface area contributed by atoms with Gasteiger partial charge in [0.15, 0.2) is 0 Å². The molecule has 0 aromatic rings. The summed E-state index contributed by atoms with van der Waals surface area (Å²) < 4.78 is 0. The standard InChI is InChI=1S/C17H30N2O4/c1-11(2)14-5-7-15(8-6-14)16(21)19(12(3)17(22)23)10-9-18-13(4)20/h11-12,14-15H,5-10H2,1-4H3,(H,18,20)(H,22,23). The molecule has 1 fully saturated rings. The van der Waals surface area contributed by atoms with E-state index in [0.29, 0.717) is 11.8 Å². The van der Waals surface area contributed by atoms with Crippen LogP contribution in [0.3, 0.4) is 0 Å². The van der Waals surface area contributed by atoms with Gasteiger partial charge in [0.25, 0.3) is 0 Å². The molecule has 6 nitrogen and oxygen atoms in total. The molecule has 0 aromatic heterocycles. The molecule has 1 atom stereocenters. The minimum atomic E-state index is -1.02. The predicted octanol–water partition coefficient (Wildman–Crippen LogP) is 1.89. The SMILES string of the molecule is CC(=O)NCCN(C(=O)C1CCC(C(C)C)CC1)C(C)C(=O)O. The average Bonchev–Trinajstić information content (AvgIpc) is 2.50. The lowest BCUT2D eigenvalue weighted by molar-refractivity contribution is -0.152. The van der Waals surface area contributed by atoms with Gasteiger partial charge in [-0.3, -0.25) is 9.59 Å². The average molecular weight is 326 g/mol. The van der Waals surface area contributed by atoms with Crippen molar-refractivity contribution in [2.45, 2.75) is 59.4 Å². The summed E-state index contributed by atoms with van der Waals surface area (Å²) in [5.74, 6) is -0.102. The summed E-state index contributed by atoms with van der Waals surface area (Å²) in [5.41, 5.74) is 0. The van der Waals surface area contributed by atoms with Gasteiger partial charge in [0.1, 0.15) is 6.04 Å². The largest absolute Gasteiger partial charge is 0.480 e. The highest BCUT2D eigenvalue weighted by Gasteiger charge is 2.33. The first kappa shape index (κ1) is 19.5. The van der Waals surface area contributed by atoms with Gasteiger partial charge in [-0.1, -0.05) is 13.8 Å². The van der Waals surface area contributed by atoms with Crippen molar-refractivity contribution >= 4 is 17.8 Å². The Balaban J connectivity index is 2.67. The number of rotatable bonds is 7. The zero-order valence-electron chi connectivity index (χ0n) is 14.7. The Bertz CT molecular complexity index is 428. The number of amides is 2. The number of carboxylic acids is 1. The fraction of sp³-hybridized carbons (Fsp3) is 0.824. The van der Waals surface area contributed by atoms with Crippen molar-refractivity contribution in [3.63, 3.8) is 0 Å². The smallest absolute Gasteiger partial charge is 0.326 e. The van der Waals surface area contributed by atoms with Gasteiger partial charge in [-0.05, 0) is 44.4 Å². The van der Waals surface area contributed by atoms with Crippen LogP contribution < -0.4 is 5.32 Å². The second-order valence-corrected chi connectivity index (χ2v) is 6.88. The van der Waals surface area contributed by atoms with Crippen LogP contribution in [0.4, 0.5) is 0 Å². The highest BCUT2D eigenvalue weighted by atomic mass is 16.4. The zero-order valence-corrected chi connectivity index (χ0v) is 14.7. The van der Waals surface area contributed by atoms with Gasteiger partial charge < -0.3 is 15.3 Å². The molecule has 1 rings (SSSR count). The maximum Gasteiger partial charge on any atom is 0.326 e. The van der Waals surface area contributed by atoms with Crippen LogP contribution in [0.5, 0.6) is 0 Å². The van der Waals surface area contributed by atoms with Gasteiger partial charge in [-0.2, -0.15) is 0 Å². The molecular formula is C17H30N2O4. The molecule has 0 aliphatic heterocycles. The highest BCUT2D eigenvalue weighted by molar-refractivity contribution is 5.85. The zero-order chi connectivity index (χ0) is 17.6. The Morgan fingerprint density at radius 3 is 2.13 bits per heavy atom. The van der Waals surface area contributed by atoms with Crippen LogP contribution in [-0.4, -0.2) is 46.9 Å². The maximum atomic E-state index is 12.7. The summed E-state index contributed by atoms with van der Waals surface area (Å²) in [6, 6.07) is -0.876. The third-order valence-corrected chi connectivity index (χ3v) is 4.90. The highest BCUT2D eigenvalue weighted by Crippen LogP contribution is 2.34. The molecule has 0 radical (unpaired) electrons. The normalized spacial score (nSPS) is 22.5. The van der Waals surface area contributed by atoms with Crippen molar-refractivity contribution < 1.29 is 19.5 Å². The Morgan fingerprint density at radius 1 is 1.13 bits per heavy atom. The minimum Gasteiger partial charge on any atom is -0.480 e. The number of carboxylic acid groups (broad SMARTS) is 1. The number of nitrogens with one attached hydrogen (secondary N) is 1. The molecular weight excluding hydrogens is 296 g/mol. The summed E-state index contributed by atoms with van der Waals surface area (Å²) in [5, 5.41) is 11.9. The Labute approximate surface area is 138 Å². The van der Waals surface area contributed by atoms with E-state index in [1.54, 1.807) is 0 Å². The number of carbonyl (C=O) groups excluding carboxylic acids is 2.